The van der Waals surface area contributed by atoms with Gasteiger partial charge in [0.25, 0.3) is 0 Å². The van der Waals surface area contributed by atoms with Crippen LogP contribution in [-0.4, -0.2) is 52.3 Å². The van der Waals surface area contributed by atoms with Gasteiger partial charge in [-0.3, -0.25) is 13.6 Å². The lowest BCUT2D eigenvalue weighted by Gasteiger charge is -2.24. The van der Waals surface area contributed by atoms with Crippen molar-refractivity contribution in [3.8, 4) is 0 Å². The lowest BCUT2D eigenvalue weighted by molar-refractivity contribution is -0.0159. The Bertz CT molecular complexity index is 598. The van der Waals surface area contributed by atoms with Crippen LogP contribution in [0.1, 0.15) is 142 Å². The summed E-state index contributed by atoms with van der Waals surface area (Å²) in [7, 11) is -2.09. The first-order valence-electron chi connectivity index (χ1n) is 16.1. The van der Waals surface area contributed by atoms with Crippen LogP contribution in [0.4, 0.5) is 4.79 Å². The van der Waals surface area contributed by atoms with Crippen molar-refractivity contribution >= 4 is 13.9 Å². The summed E-state index contributed by atoms with van der Waals surface area (Å²) in [5, 5.41) is 2.41. The Balaban J connectivity index is 1.88. The molecule has 0 aromatic heterocycles. The third-order valence-corrected chi connectivity index (χ3v) is 8.59. The van der Waals surface area contributed by atoms with Gasteiger partial charge in [0.05, 0.1) is 26.4 Å². The van der Waals surface area contributed by atoms with Crippen LogP contribution >= 0.6 is 7.82 Å². The van der Waals surface area contributed by atoms with Crippen LogP contribution in [0.2, 0.25) is 0 Å². The van der Waals surface area contributed by atoms with Crippen molar-refractivity contribution in [2.45, 2.75) is 148 Å². The maximum atomic E-state index is 12.3. The molecule has 0 aromatic rings. The zero-order chi connectivity index (χ0) is 28.3. The first-order chi connectivity index (χ1) is 19.1. The number of hydrogen-bond acceptors (Lipinski definition) is 7. The predicted molar refractivity (Wildman–Crippen MR) is 158 cm³/mol. The minimum absolute atomic E-state index is 0.107. The molecule has 0 aromatic carbocycles. The van der Waals surface area contributed by atoms with Crippen LogP contribution in [-0.2, 0) is 27.6 Å². The Morgan fingerprint density at radius 1 is 0.718 bits per heavy atom. The number of rotatable bonds is 27. The van der Waals surface area contributed by atoms with Gasteiger partial charge in [-0.15, -0.1) is 0 Å². The Hall–Kier alpha value is -0.660. The van der Waals surface area contributed by atoms with Crippen molar-refractivity contribution in [2.24, 2.45) is 0 Å². The zero-order valence-electron chi connectivity index (χ0n) is 25.3. The molecule has 232 valence electrons. The first kappa shape index (κ1) is 36.4. The average Bonchev–Trinajstić information content (AvgIpc) is 2.94. The highest BCUT2D eigenvalue weighted by molar-refractivity contribution is 7.48. The van der Waals surface area contributed by atoms with Gasteiger partial charge in [-0.1, -0.05) is 129 Å². The maximum Gasteiger partial charge on any atom is 0.474 e. The number of unbranched alkanes of at least 4 members (excludes halogenated alkanes) is 19. The molecule has 1 saturated heterocycles. The fraction of sp³-hybridized carbons (Fsp3) is 0.967. The third-order valence-electron chi connectivity index (χ3n) is 7.13. The highest BCUT2D eigenvalue weighted by atomic mass is 31.2. The molecule has 0 aliphatic carbocycles. The van der Waals surface area contributed by atoms with E-state index in [1.54, 1.807) is 0 Å². The molecule has 0 saturated carbocycles. The van der Waals surface area contributed by atoms with Crippen molar-refractivity contribution in [3.05, 3.63) is 0 Å². The monoisotopic (exact) mass is 577 g/mol. The summed E-state index contributed by atoms with van der Waals surface area (Å²) in [6.45, 7) is 3.60. The van der Waals surface area contributed by atoms with E-state index in [0.29, 0.717) is 26.2 Å². The topological polar surface area (TPSA) is 92.3 Å². The summed E-state index contributed by atoms with van der Waals surface area (Å²) < 4.78 is 38.8. The number of carbonyl (C=O) groups is 1. The third kappa shape index (κ3) is 22.7. The van der Waals surface area contributed by atoms with E-state index in [4.69, 9.17) is 23.0 Å². The molecule has 1 rings (SSSR count). The summed E-state index contributed by atoms with van der Waals surface area (Å²) in [4.78, 5) is 11.6. The van der Waals surface area contributed by atoms with Gasteiger partial charge in [0.15, 0.2) is 6.10 Å². The molecule has 0 bridgehead atoms. The van der Waals surface area contributed by atoms with Gasteiger partial charge in [0, 0.05) is 13.7 Å². The fourth-order valence-electron chi connectivity index (χ4n) is 4.70. The van der Waals surface area contributed by atoms with Crippen molar-refractivity contribution in [3.63, 3.8) is 0 Å². The number of nitrogens with one attached hydrogen (secondary N) is 1. The number of ether oxygens (including phenoxy) is 2. The van der Waals surface area contributed by atoms with Crippen LogP contribution in [0.25, 0.3) is 0 Å². The lowest BCUT2D eigenvalue weighted by Crippen LogP contribution is -2.32. The summed E-state index contributed by atoms with van der Waals surface area (Å²) in [5.41, 5.74) is 0. The maximum absolute atomic E-state index is 12.3. The highest BCUT2D eigenvalue weighted by Gasteiger charge is 2.31. The largest absolute Gasteiger partial charge is 0.474 e. The van der Waals surface area contributed by atoms with E-state index in [1.807, 2.05) is 0 Å². The first-order valence-corrected chi connectivity index (χ1v) is 17.6. The highest BCUT2D eigenvalue weighted by Crippen LogP contribution is 2.51. The fourth-order valence-corrected chi connectivity index (χ4v) is 5.98. The Labute approximate surface area is 239 Å². The number of carbonyl (C=O) groups excluding carboxylic acids is 1. The molecule has 0 spiro atoms. The molecular weight excluding hydrogens is 517 g/mol. The number of alkyl carbamates (subject to hydrolysis) is 1. The van der Waals surface area contributed by atoms with Crippen molar-refractivity contribution < 1.29 is 32.4 Å². The SMILES string of the molecule is CCCCCCCCCCCCCCCCCCCCCCOC[C@H](COP1(=O)OCCCO1)OC(=O)NC. The van der Waals surface area contributed by atoms with Crippen LogP contribution < -0.4 is 5.32 Å². The normalized spacial score (nSPS) is 15.7. The van der Waals surface area contributed by atoms with Gasteiger partial charge in [0.2, 0.25) is 0 Å². The second-order valence-electron chi connectivity index (χ2n) is 10.8. The van der Waals surface area contributed by atoms with E-state index in [0.717, 1.165) is 12.8 Å². The van der Waals surface area contributed by atoms with Crippen molar-refractivity contribution in [2.75, 3.05) is 40.1 Å². The standard InChI is InChI=1S/C30H60NO7P/c1-3-4-5-6-7-8-9-10-11-12-13-14-15-16-17-18-19-20-21-22-24-34-27-29(38-30(32)31-2)28-37-39(33)35-25-23-26-36-39/h29H,3-28H2,1-2H3,(H,31,32)/t29-/m1/s1. The predicted octanol–water partition coefficient (Wildman–Crippen LogP) is 9.11. The van der Waals surface area contributed by atoms with Gasteiger partial charge in [-0.05, 0) is 12.8 Å². The number of hydrogen-bond donors (Lipinski definition) is 1. The molecule has 0 unspecified atom stereocenters. The zero-order valence-corrected chi connectivity index (χ0v) is 26.2. The minimum atomic E-state index is -3.57. The van der Waals surface area contributed by atoms with Gasteiger partial charge >= 0.3 is 13.9 Å². The smallest absolute Gasteiger partial charge is 0.441 e. The van der Waals surface area contributed by atoms with E-state index in [2.05, 4.69) is 12.2 Å². The quantitative estimate of drug-likeness (QED) is 0.0769. The second kappa shape index (κ2) is 26.3. The number of phosphoric ester groups is 1. The molecule has 8 nitrogen and oxygen atoms in total. The molecule has 1 heterocycles. The Morgan fingerprint density at radius 3 is 1.59 bits per heavy atom. The molecule has 1 atom stereocenters. The minimum Gasteiger partial charge on any atom is -0.441 e. The van der Waals surface area contributed by atoms with E-state index in [9.17, 15) is 9.36 Å². The molecule has 1 aliphatic heterocycles. The number of amides is 1. The second-order valence-corrected chi connectivity index (χ2v) is 12.5. The van der Waals surface area contributed by atoms with E-state index in [1.165, 1.54) is 123 Å². The molecular formula is C30H60NO7P. The van der Waals surface area contributed by atoms with Crippen LogP contribution in [0.3, 0.4) is 0 Å². The molecule has 1 fully saturated rings. The van der Waals surface area contributed by atoms with Gasteiger partial charge in [-0.2, -0.15) is 0 Å². The average molecular weight is 578 g/mol. The number of phosphoric acid groups is 1. The Morgan fingerprint density at radius 2 is 1.15 bits per heavy atom. The lowest BCUT2D eigenvalue weighted by atomic mass is 10.0. The molecule has 1 amide bonds. The summed E-state index contributed by atoms with van der Waals surface area (Å²) in [6, 6.07) is 0. The van der Waals surface area contributed by atoms with E-state index in [-0.39, 0.29) is 13.2 Å². The van der Waals surface area contributed by atoms with Crippen molar-refractivity contribution in [1.29, 1.82) is 0 Å². The molecule has 39 heavy (non-hydrogen) atoms. The molecule has 0 radical (unpaired) electrons. The summed E-state index contributed by atoms with van der Waals surface area (Å²) in [5.74, 6) is 0. The van der Waals surface area contributed by atoms with Gasteiger partial charge < -0.3 is 14.8 Å². The van der Waals surface area contributed by atoms with Crippen LogP contribution in [0, 0.1) is 0 Å². The van der Waals surface area contributed by atoms with Crippen molar-refractivity contribution in [1.82, 2.24) is 5.32 Å². The van der Waals surface area contributed by atoms with Crippen LogP contribution in [0.5, 0.6) is 0 Å². The van der Waals surface area contributed by atoms with E-state index >= 15 is 0 Å². The molecule has 1 aliphatic rings. The molecule has 1 N–H and O–H groups in total. The summed E-state index contributed by atoms with van der Waals surface area (Å²) in [6.07, 6.45) is 26.5. The Kier molecular flexibility index (Phi) is 24.5. The van der Waals surface area contributed by atoms with Gasteiger partial charge in [-0.25, -0.2) is 9.36 Å². The van der Waals surface area contributed by atoms with E-state index < -0.39 is 20.0 Å². The molecule has 9 heteroatoms. The van der Waals surface area contributed by atoms with Crippen LogP contribution in [0.15, 0.2) is 0 Å². The van der Waals surface area contributed by atoms with Gasteiger partial charge in [0.1, 0.15) is 0 Å². The summed E-state index contributed by atoms with van der Waals surface area (Å²) >= 11 is 0.